The van der Waals surface area contributed by atoms with E-state index in [9.17, 15) is 9.59 Å². The molecule has 2 heterocycles. The van der Waals surface area contributed by atoms with Crippen LogP contribution in [0.25, 0.3) is 0 Å². The van der Waals surface area contributed by atoms with Crippen LogP contribution >= 0.6 is 11.3 Å². The van der Waals surface area contributed by atoms with Gasteiger partial charge >= 0.3 is 0 Å². The predicted octanol–water partition coefficient (Wildman–Crippen LogP) is 3.90. The minimum absolute atomic E-state index is 0.00608. The van der Waals surface area contributed by atoms with Crippen molar-refractivity contribution in [3.05, 3.63) is 119 Å². The predicted molar refractivity (Wildman–Crippen MR) is 148 cm³/mol. The number of amides is 2. The van der Waals surface area contributed by atoms with Gasteiger partial charge in [0.25, 0.3) is 5.91 Å². The lowest BCUT2D eigenvalue weighted by Gasteiger charge is -2.36. The van der Waals surface area contributed by atoms with Crippen molar-refractivity contribution in [2.45, 2.75) is 24.5 Å². The van der Waals surface area contributed by atoms with E-state index in [4.69, 9.17) is 9.82 Å². The zero-order valence-corrected chi connectivity index (χ0v) is 21.7. The van der Waals surface area contributed by atoms with Crippen LogP contribution in [0.2, 0.25) is 0 Å². The Hall–Kier alpha value is -4.50. The third-order valence-corrected chi connectivity index (χ3v) is 7.26. The van der Waals surface area contributed by atoms with Crippen molar-refractivity contribution in [3.63, 3.8) is 0 Å². The fourth-order valence-electron chi connectivity index (χ4n) is 4.61. The molecule has 0 aliphatic carbocycles. The number of rotatable bonds is 9. The molecule has 1 saturated heterocycles. The second-order valence-electron chi connectivity index (χ2n) is 8.88. The Labute approximate surface area is 224 Å². The van der Waals surface area contributed by atoms with Crippen LogP contribution in [0.1, 0.15) is 29.3 Å². The number of β-lactam (4-membered cyclic amide) rings is 1. The maximum absolute atomic E-state index is 13.0. The van der Waals surface area contributed by atoms with E-state index in [0.717, 1.165) is 16.7 Å². The first-order valence-electron chi connectivity index (χ1n) is 12.2. The van der Waals surface area contributed by atoms with E-state index >= 15 is 0 Å². The van der Waals surface area contributed by atoms with Gasteiger partial charge in [-0.25, -0.2) is 4.98 Å². The molecule has 2 amide bonds. The minimum atomic E-state index is -0.765. The van der Waals surface area contributed by atoms with Gasteiger partial charge in [-0.15, -0.1) is 11.3 Å². The highest BCUT2D eigenvalue weighted by Gasteiger charge is 2.39. The van der Waals surface area contributed by atoms with E-state index in [0.29, 0.717) is 10.8 Å². The van der Waals surface area contributed by atoms with Crippen molar-refractivity contribution in [2.24, 2.45) is 5.16 Å². The van der Waals surface area contributed by atoms with E-state index in [1.54, 1.807) is 5.38 Å². The quantitative estimate of drug-likeness (QED) is 0.133. The Bertz CT molecular complexity index is 1340. The molecule has 0 radical (unpaired) electrons. The van der Waals surface area contributed by atoms with Gasteiger partial charge in [-0.05, 0) is 23.6 Å². The number of nitrogens with one attached hydrogen (secondary N) is 3. The number of thiazole rings is 1. The highest BCUT2D eigenvalue weighted by atomic mass is 32.1. The molecule has 38 heavy (non-hydrogen) atoms. The summed E-state index contributed by atoms with van der Waals surface area (Å²) in [5, 5.41) is 15.4. The van der Waals surface area contributed by atoms with E-state index in [-0.39, 0.29) is 17.7 Å². The second kappa shape index (κ2) is 10.9. The van der Waals surface area contributed by atoms with Gasteiger partial charge in [0, 0.05) is 5.38 Å². The standard InChI is InChI=1S/C29H27N5O3S/c1-19-24(26(35)30-19)32-27(36)25(34-37-2)23-18-38-28(31-23)33-29(20-12-6-3-7-13-20,21-14-8-4-9-15-21)22-16-10-5-11-17-22/h3-19,24H,1-2H3,(H,30,35)(H,31,33)(H,32,36)/b34-25-/t19-,24-/m0/s1. The molecule has 4 aromatic rings. The SMILES string of the molecule is CO/N=C(\C(=O)N[C@@H]1C(=O)N[C@H]1C)c1csc(NC(c2ccccc2)(c2ccccc2)c2ccccc2)n1. The summed E-state index contributed by atoms with van der Waals surface area (Å²) in [4.78, 5) is 34.6. The highest BCUT2D eigenvalue weighted by molar-refractivity contribution is 7.14. The molecule has 0 spiro atoms. The number of carbonyl (C=O) groups excluding carboxylic acids is 2. The summed E-state index contributed by atoms with van der Waals surface area (Å²) in [7, 11) is 1.36. The van der Waals surface area contributed by atoms with Crippen molar-refractivity contribution >= 4 is 34.0 Å². The number of hydrogen-bond acceptors (Lipinski definition) is 7. The van der Waals surface area contributed by atoms with Gasteiger partial charge in [-0.3, -0.25) is 9.59 Å². The third-order valence-electron chi connectivity index (χ3n) is 6.50. The summed E-state index contributed by atoms with van der Waals surface area (Å²) in [5.74, 6) is -0.766. The lowest BCUT2D eigenvalue weighted by Crippen LogP contribution is -2.68. The van der Waals surface area contributed by atoms with Crippen molar-refractivity contribution < 1.29 is 14.4 Å². The molecule has 1 fully saturated rings. The molecule has 9 heteroatoms. The fraction of sp³-hybridized carbons (Fsp3) is 0.172. The molecule has 1 aliphatic rings. The Morgan fingerprint density at radius 2 is 1.47 bits per heavy atom. The van der Waals surface area contributed by atoms with Gasteiger partial charge < -0.3 is 20.8 Å². The summed E-state index contributed by atoms with van der Waals surface area (Å²) < 4.78 is 0. The van der Waals surface area contributed by atoms with Gasteiger partial charge in [-0.1, -0.05) is 96.2 Å². The topological polar surface area (TPSA) is 105 Å². The smallest absolute Gasteiger partial charge is 0.276 e. The number of aromatic nitrogens is 1. The summed E-state index contributed by atoms with van der Waals surface area (Å²) in [5.41, 5.74) is 2.66. The Kier molecular flexibility index (Phi) is 7.19. The third kappa shape index (κ3) is 4.76. The van der Waals surface area contributed by atoms with Crippen molar-refractivity contribution in [1.29, 1.82) is 0 Å². The molecule has 0 saturated carbocycles. The number of anilines is 1. The first-order valence-corrected chi connectivity index (χ1v) is 13.0. The molecule has 192 valence electrons. The van der Waals surface area contributed by atoms with E-state index in [2.05, 4.69) is 57.5 Å². The first-order chi connectivity index (χ1) is 18.5. The monoisotopic (exact) mass is 525 g/mol. The lowest BCUT2D eigenvalue weighted by atomic mass is 9.77. The summed E-state index contributed by atoms with van der Waals surface area (Å²) in [6.07, 6.45) is 0. The average Bonchev–Trinajstić information content (AvgIpc) is 3.42. The van der Waals surface area contributed by atoms with Gasteiger partial charge in [0.05, 0.1) is 6.04 Å². The number of benzene rings is 3. The van der Waals surface area contributed by atoms with Crippen LogP contribution in [0, 0.1) is 0 Å². The summed E-state index contributed by atoms with van der Waals surface area (Å²) in [6, 6.07) is 29.7. The molecule has 3 aromatic carbocycles. The largest absolute Gasteiger partial charge is 0.398 e. The maximum atomic E-state index is 13.0. The Morgan fingerprint density at radius 1 is 0.947 bits per heavy atom. The molecule has 1 aromatic heterocycles. The van der Waals surface area contributed by atoms with Gasteiger partial charge in [0.2, 0.25) is 5.91 Å². The highest BCUT2D eigenvalue weighted by Crippen LogP contribution is 2.40. The van der Waals surface area contributed by atoms with Crippen LogP contribution in [-0.2, 0) is 20.0 Å². The minimum Gasteiger partial charge on any atom is -0.398 e. The van der Waals surface area contributed by atoms with Crippen LogP contribution in [0.3, 0.4) is 0 Å². The lowest BCUT2D eigenvalue weighted by molar-refractivity contribution is -0.134. The fourth-order valence-corrected chi connectivity index (χ4v) is 5.36. The zero-order valence-electron chi connectivity index (χ0n) is 20.9. The molecule has 5 rings (SSSR count). The number of hydrogen-bond donors (Lipinski definition) is 3. The van der Waals surface area contributed by atoms with Crippen LogP contribution in [-0.4, -0.2) is 41.7 Å². The van der Waals surface area contributed by atoms with Crippen molar-refractivity contribution in [1.82, 2.24) is 15.6 Å². The van der Waals surface area contributed by atoms with Crippen LogP contribution < -0.4 is 16.0 Å². The molecule has 0 unspecified atom stereocenters. The normalized spacial score (nSPS) is 17.2. The molecule has 1 aliphatic heterocycles. The summed E-state index contributed by atoms with van der Waals surface area (Å²) >= 11 is 1.35. The van der Waals surface area contributed by atoms with Gasteiger partial charge in [-0.2, -0.15) is 0 Å². The van der Waals surface area contributed by atoms with Gasteiger partial charge in [0.1, 0.15) is 24.4 Å². The summed E-state index contributed by atoms with van der Waals surface area (Å²) in [6.45, 7) is 1.82. The first kappa shape index (κ1) is 25.2. The Morgan fingerprint density at radius 3 is 1.92 bits per heavy atom. The molecular formula is C29H27N5O3S. The zero-order chi connectivity index (χ0) is 26.5. The van der Waals surface area contributed by atoms with Crippen LogP contribution in [0.4, 0.5) is 5.13 Å². The van der Waals surface area contributed by atoms with E-state index in [1.165, 1.54) is 18.4 Å². The second-order valence-corrected chi connectivity index (χ2v) is 9.74. The molecule has 8 nitrogen and oxygen atoms in total. The Balaban J connectivity index is 1.55. The number of nitrogens with zero attached hydrogens (tertiary/aromatic N) is 2. The average molecular weight is 526 g/mol. The van der Waals surface area contributed by atoms with Gasteiger partial charge in [0.15, 0.2) is 10.8 Å². The van der Waals surface area contributed by atoms with E-state index in [1.807, 2.05) is 61.5 Å². The van der Waals surface area contributed by atoms with Crippen molar-refractivity contribution in [2.75, 3.05) is 12.4 Å². The molecule has 0 bridgehead atoms. The van der Waals surface area contributed by atoms with E-state index < -0.39 is 17.5 Å². The van der Waals surface area contributed by atoms with Crippen LogP contribution in [0.15, 0.2) is 102 Å². The van der Waals surface area contributed by atoms with Crippen molar-refractivity contribution in [3.8, 4) is 0 Å². The molecular weight excluding hydrogens is 498 g/mol. The van der Waals surface area contributed by atoms with Crippen LogP contribution in [0.5, 0.6) is 0 Å². The molecule has 3 N–H and O–H groups in total. The maximum Gasteiger partial charge on any atom is 0.276 e. The molecule has 2 atom stereocenters. The number of oxime groups is 1. The number of carbonyl (C=O) groups is 2.